The summed E-state index contributed by atoms with van der Waals surface area (Å²) >= 11 is 9.34. The SMILES string of the molecule is COc1ccc(Oc2cccc(Cl)c2C#N)c(Br)c1. The summed E-state index contributed by atoms with van der Waals surface area (Å²) in [6, 6.07) is 12.4. The molecule has 3 nitrogen and oxygen atoms in total. The van der Waals surface area contributed by atoms with Crippen LogP contribution in [0.25, 0.3) is 0 Å². The first-order valence-corrected chi connectivity index (χ1v) is 6.53. The van der Waals surface area contributed by atoms with E-state index in [1.54, 1.807) is 43.5 Å². The van der Waals surface area contributed by atoms with Crippen LogP contribution in [0, 0.1) is 11.3 Å². The molecule has 0 aliphatic heterocycles. The van der Waals surface area contributed by atoms with Crippen molar-refractivity contribution in [2.75, 3.05) is 7.11 Å². The molecule has 0 amide bonds. The van der Waals surface area contributed by atoms with Crippen molar-refractivity contribution in [3.8, 4) is 23.3 Å². The van der Waals surface area contributed by atoms with Crippen LogP contribution in [0.15, 0.2) is 40.9 Å². The molecule has 0 aliphatic rings. The third kappa shape index (κ3) is 3.01. The van der Waals surface area contributed by atoms with Gasteiger partial charge in [-0.25, -0.2) is 0 Å². The van der Waals surface area contributed by atoms with E-state index in [1.165, 1.54) is 0 Å². The van der Waals surface area contributed by atoms with E-state index in [0.717, 1.165) is 4.47 Å². The van der Waals surface area contributed by atoms with Crippen molar-refractivity contribution >= 4 is 27.5 Å². The molecule has 5 heteroatoms. The van der Waals surface area contributed by atoms with Crippen LogP contribution in [0.2, 0.25) is 5.02 Å². The Labute approximate surface area is 124 Å². The van der Waals surface area contributed by atoms with Crippen LogP contribution in [0.1, 0.15) is 5.56 Å². The summed E-state index contributed by atoms with van der Waals surface area (Å²) in [5, 5.41) is 9.45. The van der Waals surface area contributed by atoms with Crippen molar-refractivity contribution in [1.29, 1.82) is 5.26 Å². The minimum Gasteiger partial charge on any atom is -0.497 e. The highest BCUT2D eigenvalue weighted by molar-refractivity contribution is 9.10. The van der Waals surface area contributed by atoms with Crippen LogP contribution in [0.5, 0.6) is 17.2 Å². The van der Waals surface area contributed by atoms with E-state index in [-0.39, 0.29) is 0 Å². The van der Waals surface area contributed by atoms with Gasteiger partial charge in [0.15, 0.2) is 0 Å². The molecule has 96 valence electrons. The van der Waals surface area contributed by atoms with Crippen LogP contribution in [-0.2, 0) is 0 Å². The maximum atomic E-state index is 9.08. The van der Waals surface area contributed by atoms with Gasteiger partial charge in [0.1, 0.15) is 28.9 Å². The summed E-state index contributed by atoms with van der Waals surface area (Å²) in [6.07, 6.45) is 0. The van der Waals surface area contributed by atoms with Gasteiger partial charge in [-0.3, -0.25) is 0 Å². The maximum Gasteiger partial charge on any atom is 0.146 e. The molecule has 0 saturated heterocycles. The highest BCUT2D eigenvalue weighted by Crippen LogP contribution is 2.35. The number of hydrogen-bond donors (Lipinski definition) is 0. The van der Waals surface area contributed by atoms with E-state index in [1.807, 2.05) is 6.07 Å². The van der Waals surface area contributed by atoms with Crippen molar-refractivity contribution in [2.24, 2.45) is 0 Å². The number of ether oxygens (including phenoxy) is 2. The van der Waals surface area contributed by atoms with Crippen LogP contribution in [-0.4, -0.2) is 7.11 Å². The zero-order chi connectivity index (χ0) is 13.8. The van der Waals surface area contributed by atoms with Crippen molar-refractivity contribution in [1.82, 2.24) is 0 Å². The van der Waals surface area contributed by atoms with E-state index in [0.29, 0.717) is 27.8 Å². The normalized spacial score (nSPS) is 9.79. The Morgan fingerprint density at radius 2 is 2.00 bits per heavy atom. The maximum absolute atomic E-state index is 9.08. The zero-order valence-electron chi connectivity index (χ0n) is 9.98. The van der Waals surface area contributed by atoms with Gasteiger partial charge in [-0.05, 0) is 46.3 Å². The molecule has 0 radical (unpaired) electrons. The molecular formula is C14H9BrClNO2. The second kappa shape index (κ2) is 5.96. The van der Waals surface area contributed by atoms with E-state index in [4.69, 9.17) is 26.3 Å². The molecule has 0 aliphatic carbocycles. The summed E-state index contributed by atoms with van der Waals surface area (Å²) in [4.78, 5) is 0. The van der Waals surface area contributed by atoms with Gasteiger partial charge in [-0.2, -0.15) is 5.26 Å². The van der Waals surface area contributed by atoms with Crippen LogP contribution >= 0.6 is 27.5 Å². The van der Waals surface area contributed by atoms with Gasteiger partial charge >= 0.3 is 0 Å². The van der Waals surface area contributed by atoms with Crippen molar-refractivity contribution in [2.45, 2.75) is 0 Å². The summed E-state index contributed by atoms with van der Waals surface area (Å²) in [5.41, 5.74) is 0.312. The molecule has 0 heterocycles. The zero-order valence-corrected chi connectivity index (χ0v) is 12.3. The molecule has 2 aromatic carbocycles. The molecule has 2 rings (SSSR count). The standard InChI is InChI=1S/C14H9BrClNO2/c1-18-9-5-6-14(11(15)7-9)19-13-4-2-3-12(16)10(13)8-17/h2-7H,1H3. The van der Waals surface area contributed by atoms with Gasteiger partial charge < -0.3 is 9.47 Å². The Kier molecular flexibility index (Phi) is 4.31. The number of halogens is 2. The average Bonchev–Trinajstić information content (AvgIpc) is 2.41. The van der Waals surface area contributed by atoms with Crippen LogP contribution in [0.3, 0.4) is 0 Å². The van der Waals surface area contributed by atoms with Gasteiger partial charge in [-0.1, -0.05) is 17.7 Å². The largest absolute Gasteiger partial charge is 0.497 e. The molecule has 19 heavy (non-hydrogen) atoms. The fourth-order valence-corrected chi connectivity index (χ4v) is 2.15. The number of benzene rings is 2. The minimum absolute atomic E-state index is 0.312. The molecule has 0 fully saturated rings. The van der Waals surface area contributed by atoms with Crippen molar-refractivity contribution < 1.29 is 9.47 Å². The van der Waals surface area contributed by atoms with Gasteiger partial charge in [0.05, 0.1) is 16.6 Å². The van der Waals surface area contributed by atoms with Gasteiger partial charge in [0.2, 0.25) is 0 Å². The summed E-state index contributed by atoms with van der Waals surface area (Å²) in [6.45, 7) is 0. The summed E-state index contributed by atoms with van der Waals surface area (Å²) in [5.74, 6) is 1.71. The molecule has 0 N–H and O–H groups in total. The Bertz CT molecular complexity index is 652. The first-order chi connectivity index (χ1) is 9.15. The lowest BCUT2D eigenvalue weighted by Crippen LogP contribution is -1.91. The molecule has 0 bridgehead atoms. The van der Waals surface area contributed by atoms with Crippen molar-refractivity contribution in [3.63, 3.8) is 0 Å². The van der Waals surface area contributed by atoms with Crippen molar-refractivity contribution in [3.05, 3.63) is 51.5 Å². The molecular weight excluding hydrogens is 330 g/mol. The lowest BCUT2D eigenvalue weighted by molar-refractivity contribution is 0.412. The first kappa shape index (κ1) is 13.7. The molecule has 0 aromatic heterocycles. The quantitative estimate of drug-likeness (QED) is 0.809. The first-order valence-electron chi connectivity index (χ1n) is 5.35. The van der Waals surface area contributed by atoms with E-state index < -0.39 is 0 Å². The van der Waals surface area contributed by atoms with Gasteiger partial charge in [-0.15, -0.1) is 0 Å². The molecule has 0 unspecified atom stereocenters. The molecule has 0 atom stereocenters. The predicted octanol–water partition coefficient (Wildman–Crippen LogP) is 4.78. The molecule has 2 aromatic rings. The molecule has 0 spiro atoms. The van der Waals surface area contributed by atoms with Gasteiger partial charge in [0, 0.05) is 0 Å². The summed E-state index contributed by atoms with van der Waals surface area (Å²) < 4.78 is 11.5. The van der Waals surface area contributed by atoms with E-state index in [9.17, 15) is 0 Å². The monoisotopic (exact) mass is 337 g/mol. The fraction of sp³-hybridized carbons (Fsp3) is 0.0714. The Balaban J connectivity index is 2.37. The third-order valence-electron chi connectivity index (χ3n) is 2.45. The Morgan fingerprint density at radius 3 is 2.63 bits per heavy atom. The second-order valence-electron chi connectivity index (χ2n) is 3.62. The highest BCUT2D eigenvalue weighted by Gasteiger charge is 2.10. The molecule has 0 saturated carbocycles. The Morgan fingerprint density at radius 1 is 1.21 bits per heavy atom. The Hall–Kier alpha value is -1.70. The third-order valence-corrected chi connectivity index (χ3v) is 3.38. The predicted molar refractivity (Wildman–Crippen MR) is 76.9 cm³/mol. The average molecular weight is 339 g/mol. The lowest BCUT2D eigenvalue weighted by atomic mass is 10.2. The van der Waals surface area contributed by atoms with Gasteiger partial charge in [0.25, 0.3) is 0 Å². The van der Waals surface area contributed by atoms with E-state index >= 15 is 0 Å². The number of hydrogen-bond acceptors (Lipinski definition) is 3. The minimum atomic E-state index is 0.312. The second-order valence-corrected chi connectivity index (χ2v) is 4.88. The number of nitriles is 1. The smallest absolute Gasteiger partial charge is 0.146 e. The van der Waals surface area contributed by atoms with Crippen LogP contribution < -0.4 is 9.47 Å². The van der Waals surface area contributed by atoms with E-state index in [2.05, 4.69) is 15.9 Å². The van der Waals surface area contributed by atoms with Crippen LogP contribution in [0.4, 0.5) is 0 Å². The fourth-order valence-electron chi connectivity index (χ4n) is 1.51. The number of rotatable bonds is 3. The number of methoxy groups -OCH3 is 1. The topological polar surface area (TPSA) is 42.2 Å². The summed E-state index contributed by atoms with van der Waals surface area (Å²) in [7, 11) is 1.59. The number of nitrogens with zero attached hydrogens (tertiary/aromatic N) is 1. The highest BCUT2D eigenvalue weighted by atomic mass is 79.9. The lowest BCUT2D eigenvalue weighted by Gasteiger charge is -2.10.